The molecule has 0 aromatic heterocycles. The van der Waals surface area contributed by atoms with Crippen LogP contribution in [0.3, 0.4) is 0 Å². The quantitative estimate of drug-likeness (QED) is 0.205. The van der Waals surface area contributed by atoms with Crippen molar-refractivity contribution in [3.8, 4) is 5.75 Å². The number of carbonyl (C=O) groups excluding carboxylic acids is 1. The van der Waals surface area contributed by atoms with Crippen molar-refractivity contribution >= 4 is 17.9 Å². The summed E-state index contributed by atoms with van der Waals surface area (Å²) in [4.78, 5) is 15.3. The number of carbonyl (C=O) groups is 1. The topological polar surface area (TPSA) is 68.1 Å². The summed E-state index contributed by atoms with van der Waals surface area (Å²) in [5, 5.41) is 10.1. The minimum atomic E-state index is -1.59. The Balaban J connectivity index is 3.54. The number of nitrogens with zero attached hydrogens (tertiary/aromatic N) is 1. The highest BCUT2D eigenvalue weighted by atomic mass is 19.2. The summed E-state index contributed by atoms with van der Waals surface area (Å²) in [6.07, 6.45) is 0.764. The van der Waals surface area contributed by atoms with Gasteiger partial charge >= 0.3 is 5.97 Å². The fourth-order valence-electron chi connectivity index (χ4n) is 1.70. The van der Waals surface area contributed by atoms with Gasteiger partial charge < -0.3 is 14.6 Å². The number of esters is 1. The van der Waals surface area contributed by atoms with Gasteiger partial charge in [-0.15, -0.1) is 0 Å². The monoisotopic (exact) mass is 349 g/mol. The van der Waals surface area contributed by atoms with Gasteiger partial charge in [-0.2, -0.15) is 4.39 Å². The molecule has 0 spiro atoms. The lowest BCUT2D eigenvalue weighted by Crippen LogP contribution is -2.13. The van der Waals surface area contributed by atoms with Gasteiger partial charge in [-0.1, -0.05) is 0 Å². The molecule has 1 rings (SSSR count). The van der Waals surface area contributed by atoms with Crippen LogP contribution in [0.4, 0.5) is 17.6 Å². The highest BCUT2D eigenvalue weighted by Crippen LogP contribution is 2.31. The first-order valence-electron chi connectivity index (χ1n) is 6.76. The highest BCUT2D eigenvalue weighted by Gasteiger charge is 2.25. The molecule has 0 bridgehead atoms. The van der Waals surface area contributed by atoms with Gasteiger partial charge in [-0.25, -0.2) is 18.0 Å². The maximum atomic E-state index is 14.2. The number of aliphatic hydroxyl groups is 1. The molecule has 0 amide bonds. The van der Waals surface area contributed by atoms with Crippen LogP contribution in [0, 0.1) is 17.5 Å². The van der Waals surface area contributed by atoms with Gasteiger partial charge in [-0.3, -0.25) is 4.99 Å². The van der Waals surface area contributed by atoms with E-state index in [0.717, 1.165) is 13.3 Å². The van der Waals surface area contributed by atoms with E-state index >= 15 is 0 Å². The predicted octanol–water partition coefficient (Wildman–Crippen LogP) is 2.99. The highest BCUT2D eigenvalue weighted by molar-refractivity contribution is 6.15. The van der Waals surface area contributed by atoms with E-state index in [0.29, 0.717) is 6.07 Å². The third-order valence-electron chi connectivity index (χ3n) is 2.76. The second kappa shape index (κ2) is 8.90. The van der Waals surface area contributed by atoms with E-state index in [-0.39, 0.29) is 13.2 Å². The van der Waals surface area contributed by atoms with Crippen LogP contribution in [0.25, 0.3) is 5.76 Å². The average molecular weight is 349 g/mol. The second-order valence-electron chi connectivity index (χ2n) is 4.27. The molecule has 1 N–H and O–H groups in total. The van der Waals surface area contributed by atoms with Crippen molar-refractivity contribution in [3.05, 3.63) is 34.7 Å². The third-order valence-corrected chi connectivity index (χ3v) is 2.76. The zero-order chi connectivity index (χ0) is 18.3. The van der Waals surface area contributed by atoms with Crippen LogP contribution in [0.2, 0.25) is 0 Å². The second-order valence-corrected chi connectivity index (χ2v) is 4.27. The molecule has 1 aromatic rings. The number of hydrogen-bond donors (Lipinski definition) is 1. The van der Waals surface area contributed by atoms with E-state index in [4.69, 9.17) is 0 Å². The number of aliphatic imine (C=N–C) groups is 1. The number of rotatable bonds is 7. The first kappa shape index (κ1) is 19.5. The number of aliphatic hydroxyl groups excluding tert-OH is 1. The molecular formula is C15H15F4NO4. The van der Waals surface area contributed by atoms with Crippen LogP contribution in [0.15, 0.2) is 16.6 Å². The van der Waals surface area contributed by atoms with Crippen LogP contribution >= 0.6 is 0 Å². The molecule has 1 aromatic carbocycles. The Morgan fingerprint density at radius 3 is 2.54 bits per heavy atom. The summed E-state index contributed by atoms with van der Waals surface area (Å²) >= 11 is 0. The molecule has 24 heavy (non-hydrogen) atoms. The van der Waals surface area contributed by atoms with Gasteiger partial charge in [0.05, 0.1) is 25.8 Å². The third kappa shape index (κ3) is 4.24. The number of ether oxygens (including phenoxy) is 2. The lowest BCUT2D eigenvalue weighted by Gasteiger charge is -2.11. The smallest absolute Gasteiger partial charge is 0.343 e. The van der Waals surface area contributed by atoms with E-state index in [2.05, 4.69) is 14.5 Å². The number of alkyl halides is 1. The lowest BCUT2D eigenvalue weighted by atomic mass is 10.1. The first-order chi connectivity index (χ1) is 11.4. The molecule has 0 radical (unpaired) electrons. The van der Waals surface area contributed by atoms with Crippen molar-refractivity contribution in [3.63, 3.8) is 0 Å². The molecule has 0 atom stereocenters. The Kier molecular flexibility index (Phi) is 7.22. The van der Waals surface area contributed by atoms with Gasteiger partial charge in [0.2, 0.25) is 5.82 Å². The van der Waals surface area contributed by atoms with Crippen molar-refractivity contribution in [2.45, 2.75) is 6.92 Å². The summed E-state index contributed by atoms with van der Waals surface area (Å²) in [5.74, 6) is -7.73. The van der Waals surface area contributed by atoms with Gasteiger partial charge in [0, 0.05) is 6.21 Å². The summed E-state index contributed by atoms with van der Waals surface area (Å²) in [5.41, 5.74) is -1.47. The SMILES string of the molecule is CCOC(=O)/C(C=NCCF)=C(\O)c1cc(F)c(F)c(OC)c1F. The molecule has 0 saturated heterocycles. The zero-order valence-corrected chi connectivity index (χ0v) is 12.9. The molecule has 0 aliphatic rings. The molecule has 0 unspecified atom stereocenters. The van der Waals surface area contributed by atoms with E-state index in [9.17, 15) is 27.5 Å². The van der Waals surface area contributed by atoms with Crippen LogP contribution in [0.5, 0.6) is 5.75 Å². The summed E-state index contributed by atoms with van der Waals surface area (Å²) in [6, 6.07) is 0.352. The van der Waals surface area contributed by atoms with Crippen LogP contribution in [0.1, 0.15) is 12.5 Å². The normalized spacial score (nSPS) is 12.2. The number of methoxy groups -OCH3 is 1. The largest absolute Gasteiger partial charge is 0.506 e. The van der Waals surface area contributed by atoms with Crippen molar-refractivity contribution in [2.75, 3.05) is 26.9 Å². The Bertz CT molecular complexity index is 674. The Morgan fingerprint density at radius 2 is 2.00 bits per heavy atom. The Hall–Kier alpha value is -2.58. The van der Waals surface area contributed by atoms with Crippen molar-refractivity contribution in [1.82, 2.24) is 0 Å². The summed E-state index contributed by atoms with van der Waals surface area (Å²) < 4.78 is 62.3. The molecule has 5 nitrogen and oxygen atoms in total. The van der Waals surface area contributed by atoms with E-state index in [1.807, 2.05) is 0 Å². The number of benzene rings is 1. The lowest BCUT2D eigenvalue weighted by molar-refractivity contribution is -0.137. The molecule has 0 aliphatic heterocycles. The molecule has 0 saturated carbocycles. The number of hydrogen-bond acceptors (Lipinski definition) is 5. The molecule has 0 aliphatic carbocycles. The Morgan fingerprint density at radius 1 is 1.33 bits per heavy atom. The van der Waals surface area contributed by atoms with Gasteiger partial charge in [0.25, 0.3) is 0 Å². The summed E-state index contributed by atoms with van der Waals surface area (Å²) in [7, 11) is 0.903. The molecule has 0 fully saturated rings. The predicted molar refractivity (Wildman–Crippen MR) is 78.4 cm³/mol. The fourth-order valence-corrected chi connectivity index (χ4v) is 1.70. The molecule has 0 heterocycles. The Labute approximate surface area is 135 Å². The molecular weight excluding hydrogens is 334 g/mol. The maximum Gasteiger partial charge on any atom is 0.343 e. The van der Waals surface area contributed by atoms with Gasteiger partial charge in [0.1, 0.15) is 18.0 Å². The van der Waals surface area contributed by atoms with Crippen molar-refractivity contribution in [2.24, 2.45) is 4.99 Å². The van der Waals surface area contributed by atoms with Crippen molar-refractivity contribution < 1.29 is 36.9 Å². The average Bonchev–Trinajstić information content (AvgIpc) is 2.55. The van der Waals surface area contributed by atoms with Gasteiger partial charge in [-0.05, 0) is 13.0 Å². The summed E-state index contributed by atoms with van der Waals surface area (Å²) in [6.45, 7) is 0.253. The molecule has 132 valence electrons. The van der Waals surface area contributed by atoms with Crippen LogP contribution < -0.4 is 4.74 Å². The number of halogens is 4. The van der Waals surface area contributed by atoms with E-state index < -0.39 is 52.7 Å². The van der Waals surface area contributed by atoms with Gasteiger partial charge in [0.15, 0.2) is 17.4 Å². The molecule has 9 heteroatoms. The standard InChI is InChI=1S/C15H15F4NO4/c1-3-24-15(22)9(7-20-5-4-16)13(21)8-6-10(17)12(19)14(23-2)11(8)18/h6-7,21H,3-5H2,1-2H3/b13-9-,20-7?. The first-order valence-corrected chi connectivity index (χ1v) is 6.76. The van der Waals surface area contributed by atoms with E-state index in [1.54, 1.807) is 0 Å². The zero-order valence-electron chi connectivity index (χ0n) is 12.9. The van der Waals surface area contributed by atoms with Crippen LogP contribution in [-0.4, -0.2) is 44.2 Å². The minimum Gasteiger partial charge on any atom is -0.506 e. The minimum absolute atomic E-state index is 0.0733. The van der Waals surface area contributed by atoms with Crippen LogP contribution in [-0.2, 0) is 9.53 Å². The fraction of sp³-hybridized carbons (Fsp3) is 0.333. The maximum absolute atomic E-state index is 14.2. The van der Waals surface area contributed by atoms with Crippen molar-refractivity contribution in [1.29, 1.82) is 0 Å². The van der Waals surface area contributed by atoms with E-state index in [1.165, 1.54) is 6.92 Å².